The monoisotopic (exact) mass is 334 g/mol. The van der Waals surface area contributed by atoms with Crippen molar-refractivity contribution in [3.05, 3.63) is 23.8 Å². The van der Waals surface area contributed by atoms with Gasteiger partial charge in [0, 0.05) is 6.08 Å². The number of hydrogen-bond donors (Lipinski definition) is 2. The predicted molar refractivity (Wildman–Crippen MR) is 93.7 cm³/mol. The number of fused-ring (bicyclic) bond motifs is 1. The second kappa shape index (κ2) is 6.73. The van der Waals surface area contributed by atoms with Gasteiger partial charge in [-0.1, -0.05) is 31.1 Å². The normalized spacial score (nSPS) is 37.0. The van der Waals surface area contributed by atoms with Crippen molar-refractivity contribution in [3.63, 3.8) is 0 Å². The maximum absolute atomic E-state index is 12.0. The zero-order chi connectivity index (χ0) is 18.1. The van der Waals surface area contributed by atoms with Crippen molar-refractivity contribution < 1.29 is 19.8 Å². The van der Waals surface area contributed by atoms with Crippen LogP contribution in [-0.4, -0.2) is 22.2 Å². The van der Waals surface area contributed by atoms with E-state index in [1.165, 1.54) is 11.6 Å². The van der Waals surface area contributed by atoms with Crippen LogP contribution >= 0.6 is 0 Å². The van der Waals surface area contributed by atoms with E-state index in [0.717, 1.165) is 50.5 Å². The van der Waals surface area contributed by atoms with Crippen molar-refractivity contribution in [2.75, 3.05) is 0 Å². The van der Waals surface area contributed by atoms with E-state index in [0.29, 0.717) is 0 Å². The summed E-state index contributed by atoms with van der Waals surface area (Å²) in [5, 5.41) is 18.7. The Morgan fingerprint density at radius 3 is 2.54 bits per heavy atom. The van der Waals surface area contributed by atoms with Crippen molar-refractivity contribution in [3.8, 4) is 0 Å². The summed E-state index contributed by atoms with van der Waals surface area (Å²) in [6.45, 7) is 10.3. The maximum atomic E-state index is 12.0. The summed E-state index contributed by atoms with van der Waals surface area (Å²) in [4.78, 5) is 22.8. The molecule has 2 aliphatic rings. The zero-order valence-electron chi connectivity index (χ0n) is 15.1. The summed E-state index contributed by atoms with van der Waals surface area (Å²) in [6, 6.07) is 0. The SMILES string of the molecule is C=C1CCC2C(C)(C(=O)O)CCCC2(C)C1CCC(C)=CC(=O)O. The third-order valence-electron chi connectivity index (χ3n) is 6.71. The van der Waals surface area contributed by atoms with Crippen LogP contribution in [0.25, 0.3) is 0 Å². The van der Waals surface area contributed by atoms with E-state index >= 15 is 0 Å². The van der Waals surface area contributed by atoms with E-state index in [1.807, 2.05) is 13.8 Å². The topological polar surface area (TPSA) is 74.6 Å². The molecule has 0 aromatic carbocycles. The number of carboxylic acid groups (broad SMARTS) is 2. The molecule has 2 fully saturated rings. The Balaban J connectivity index is 2.25. The van der Waals surface area contributed by atoms with Gasteiger partial charge in [0.1, 0.15) is 0 Å². The van der Waals surface area contributed by atoms with Gasteiger partial charge in [-0.15, -0.1) is 0 Å². The Labute approximate surface area is 144 Å². The quantitative estimate of drug-likeness (QED) is 0.566. The molecule has 0 heterocycles. The second-order valence-electron chi connectivity index (χ2n) is 8.25. The molecule has 0 aromatic heterocycles. The van der Waals surface area contributed by atoms with Gasteiger partial charge in [-0.3, -0.25) is 4.79 Å². The number of carboxylic acids is 2. The molecule has 2 N–H and O–H groups in total. The molecule has 24 heavy (non-hydrogen) atoms. The summed E-state index contributed by atoms with van der Waals surface area (Å²) in [5.41, 5.74) is 1.37. The lowest BCUT2D eigenvalue weighted by Gasteiger charge is -2.57. The number of allylic oxidation sites excluding steroid dienone is 2. The lowest BCUT2D eigenvalue weighted by molar-refractivity contribution is -0.164. The fraction of sp³-hybridized carbons (Fsp3) is 0.700. The van der Waals surface area contributed by atoms with E-state index in [1.54, 1.807) is 0 Å². The van der Waals surface area contributed by atoms with Gasteiger partial charge >= 0.3 is 11.9 Å². The molecular formula is C20H30O4. The highest BCUT2D eigenvalue weighted by Crippen LogP contribution is 2.62. The molecule has 0 aliphatic heterocycles. The molecule has 4 unspecified atom stereocenters. The minimum Gasteiger partial charge on any atom is -0.481 e. The molecule has 0 saturated heterocycles. The summed E-state index contributed by atoms with van der Waals surface area (Å²) >= 11 is 0. The van der Waals surface area contributed by atoms with Crippen LogP contribution < -0.4 is 0 Å². The molecule has 134 valence electrons. The number of rotatable bonds is 5. The van der Waals surface area contributed by atoms with Gasteiger partial charge in [0.25, 0.3) is 0 Å². The van der Waals surface area contributed by atoms with Crippen LogP contribution in [0.2, 0.25) is 0 Å². The Morgan fingerprint density at radius 1 is 1.29 bits per heavy atom. The molecule has 4 nitrogen and oxygen atoms in total. The second-order valence-corrected chi connectivity index (χ2v) is 8.25. The van der Waals surface area contributed by atoms with Crippen LogP contribution in [0.1, 0.15) is 65.7 Å². The van der Waals surface area contributed by atoms with E-state index in [4.69, 9.17) is 5.11 Å². The standard InChI is InChI=1S/C20H30O4/c1-13(12-17(21)22)6-8-15-14(2)7-9-16-19(15,3)10-5-11-20(16,4)18(23)24/h12,15-16H,2,5-11H2,1,3-4H3,(H,21,22)(H,23,24). The number of hydrogen-bond acceptors (Lipinski definition) is 2. The summed E-state index contributed by atoms with van der Waals surface area (Å²) in [5.74, 6) is -1.15. The first kappa shape index (κ1) is 18.8. The molecule has 0 spiro atoms. The van der Waals surface area contributed by atoms with E-state index < -0.39 is 17.4 Å². The molecule has 2 aliphatic carbocycles. The molecule has 0 radical (unpaired) electrons. The van der Waals surface area contributed by atoms with Crippen molar-refractivity contribution in [1.29, 1.82) is 0 Å². The molecule has 4 atom stereocenters. The fourth-order valence-electron chi connectivity index (χ4n) is 5.39. The lowest BCUT2D eigenvalue weighted by Crippen LogP contribution is -2.53. The molecule has 0 aromatic rings. The van der Waals surface area contributed by atoms with Crippen molar-refractivity contribution >= 4 is 11.9 Å². The van der Waals surface area contributed by atoms with Gasteiger partial charge < -0.3 is 10.2 Å². The minimum atomic E-state index is -0.907. The first-order chi connectivity index (χ1) is 11.1. The van der Waals surface area contributed by atoms with Crippen LogP contribution in [0.4, 0.5) is 0 Å². The Morgan fingerprint density at radius 2 is 1.96 bits per heavy atom. The summed E-state index contributed by atoms with van der Waals surface area (Å²) in [6.07, 6.45) is 7.36. The highest BCUT2D eigenvalue weighted by Gasteiger charge is 2.57. The summed E-state index contributed by atoms with van der Waals surface area (Å²) in [7, 11) is 0. The van der Waals surface area contributed by atoms with Crippen LogP contribution in [0.15, 0.2) is 23.8 Å². The van der Waals surface area contributed by atoms with E-state index in [9.17, 15) is 14.7 Å². The van der Waals surface area contributed by atoms with E-state index in [-0.39, 0.29) is 17.3 Å². The maximum Gasteiger partial charge on any atom is 0.328 e. The van der Waals surface area contributed by atoms with Gasteiger partial charge in [-0.25, -0.2) is 4.79 Å². The zero-order valence-corrected chi connectivity index (χ0v) is 15.1. The van der Waals surface area contributed by atoms with Crippen molar-refractivity contribution in [1.82, 2.24) is 0 Å². The molecule has 2 saturated carbocycles. The molecule has 2 rings (SSSR count). The van der Waals surface area contributed by atoms with Crippen LogP contribution in [-0.2, 0) is 9.59 Å². The van der Waals surface area contributed by atoms with Gasteiger partial charge in [-0.05, 0) is 69.6 Å². The van der Waals surface area contributed by atoms with E-state index in [2.05, 4.69) is 13.5 Å². The Bertz CT molecular complexity index is 576. The van der Waals surface area contributed by atoms with Crippen molar-refractivity contribution in [2.45, 2.75) is 65.7 Å². The molecular weight excluding hydrogens is 304 g/mol. The van der Waals surface area contributed by atoms with Crippen molar-refractivity contribution in [2.24, 2.45) is 22.7 Å². The lowest BCUT2D eigenvalue weighted by atomic mass is 9.46. The summed E-state index contributed by atoms with van der Waals surface area (Å²) < 4.78 is 0. The minimum absolute atomic E-state index is 0.0514. The first-order valence-electron chi connectivity index (χ1n) is 8.92. The first-order valence-corrected chi connectivity index (χ1v) is 8.92. The molecule has 0 bridgehead atoms. The number of aliphatic carboxylic acids is 2. The van der Waals surface area contributed by atoms with Crippen LogP contribution in [0.5, 0.6) is 0 Å². The predicted octanol–water partition coefficient (Wildman–Crippen LogP) is 4.66. The van der Waals surface area contributed by atoms with Crippen LogP contribution in [0.3, 0.4) is 0 Å². The molecule has 4 heteroatoms. The average molecular weight is 334 g/mol. The van der Waals surface area contributed by atoms with Gasteiger partial charge in [0.2, 0.25) is 0 Å². The largest absolute Gasteiger partial charge is 0.481 e. The van der Waals surface area contributed by atoms with Gasteiger partial charge in [-0.2, -0.15) is 0 Å². The van der Waals surface area contributed by atoms with Gasteiger partial charge in [0.15, 0.2) is 0 Å². The van der Waals surface area contributed by atoms with Crippen LogP contribution in [0, 0.1) is 22.7 Å². The molecule has 0 amide bonds. The highest BCUT2D eigenvalue weighted by molar-refractivity contribution is 5.80. The fourth-order valence-corrected chi connectivity index (χ4v) is 5.39. The highest BCUT2D eigenvalue weighted by atomic mass is 16.4. The third kappa shape index (κ3) is 3.28. The number of carbonyl (C=O) groups is 2. The van der Waals surface area contributed by atoms with Gasteiger partial charge in [0.05, 0.1) is 5.41 Å². The Hall–Kier alpha value is -1.58. The average Bonchev–Trinajstić information content (AvgIpc) is 2.45. The smallest absolute Gasteiger partial charge is 0.328 e. The Kier molecular flexibility index (Phi) is 5.26. The third-order valence-corrected chi connectivity index (χ3v) is 6.71.